The van der Waals surface area contributed by atoms with E-state index in [0.717, 1.165) is 5.39 Å². The minimum absolute atomic E-state index is 0.116. The maximum Gasteiger partial charge on any atom is 0.168 e. The summed E-state index contributed by atoms with van der Waals surface area (Å²) in [5.41, 5.74) is 1.60. The zero-order valence-electron chi connectivity index (χ0n) is 12.7. The zero-order chi connectivity index (χ0) is 16.7. The number of halogens is 2. The third-order valence-corrected chi connectivity index (χ3v) is 3.87. The normalized spacial score (nSPS) is 11.1. The molecule has 2 heterocycles. The van der Waals surface area contributed by atoms with E-state index >= 15 is 0 Å². The Kier molecular flexibility index (Phi) is 3.30. The van der Waals surface area contributed by atoms with Crippen LogP contribution in [-0.2, 0) is 0 Å². The zero-order valence-corrected chi connectivity index (χ0v) is 12.7. The van der Waals surface area contributed by atoms with E-state index in [9.17, 15) is 8.78 Å². The Balaban J connectivity index is 1.78. The number of hydrogen-bond acceptors (Lipinski definition) is 2. The third kappa shape index (κ3) is 2.32. The van der Waals surface area contributed by atoms with Gasteiger partial charge in [-0.3, -0.25) is 0 Å². The fourth-order valence-corrected chi connectivity index (χ4v) is 2.68. The average Bonchev–Trinajstić information content (AvgIpc) is 3.24. The smallest absolute Gasteiger partial charge is 0.168 e. The number of ether oxygens (including phenoxy) is 1. The number of H-pyrrole nitrogens is 2. The summed E-state index contributed by atoms with van der Waals surface area (Å²) in [5.74, 6) is -0.176. The van der Waals surface area contributed by atoms with E-state index in [2.05, 4.69) is 21.1 Å². The van der Waals surface area contributed by atoms with Crippen LogP contribution in [-0.4, -0.2) is 15.0 Å². The molecule has 2 aromatic carbocycles. The largest absolute Gasteiger partial charge is 0.454 e. The van der Waals surface area contributed by atoms with E-state index in [-0.39, 0.29) is 11.3 Å². The molecule has 0 saturated heterocycles. The Labute approximate surface area is 136 Å². The number of benzene rings is 2. The number of nitrogens with zero attached hydrogens (tertiary/aromatic N) is 1. The Hall–Kier alpha value is -3.15. The number of aryl methyl sites for hydroxylation is 1. The monoisotopic (exact) mass is 324 g/mol. The van der Waals surface area contributed by atoms with Crippen LogP contribution in [0.1, 0.15) is 5.56 Å². The molecule has 2 aromatic heterocycles. The highest BCUT2D eigenvalue weighted by atomic mass is 19.1. The lowest BCUT2D eigenvalue weighted by Gasteiger charge is -2.12. The first-order valence-corrected chi connectivity index (χ1v) is 7.28. The van der Waals surface area contributed by atoms with Gasteiger partial charge < -0.3 is 14.7 Å². The predicted molar refractivity (Wildman–Crippen MR) is 85.9 cm³/mol. The number of nitrogens with one attached hydrogen (secondary N) is 2. The summed E-state index contributed by atoms with van der Waals surface area (Å²) >= 11 is 0. The second-order valence-corrected chi connectivity index (χ2v) is 5.37. The number of fused-ring (bicyclic) bond motifs is 1. The van der Waals surface area contributed by atoms with Gasteiger partial charge in [-0.2, -0.15) is 0 Å². The van der Waals surface area contributed by atoms with Crippen molar-refractivity contribution in [3.8, 4) is 22.9 Å². The molecule has 4 nitrogen and oxygen atoms in total. The van der Waals surface area contributed by atoms with Crippen LogP contribution in [0.15, 0.2) is 42.7 Å². The Morgan fingerprint density at radius 3 is 2.79 bits per heavy atom. The number of aromatic amines is 2. The van der Waals surface area contributed by atoms with E-state index in [4.69, 9.17) is 4.74 Å². The summed E-state index contributed by atoms with van der Waals surface area (Å²) < 4.78 is 34.0. The molecule has 0 amide bonds. The molecule has 1 radical (unpaired) electrons. The van der Waals surface area contributed by atoms with Crippen molar-refractivity contribution in [3.05, 3.63) is 66.1 Å². The molecular weight excluding hydrogens is 312 g/mol. The standard InChI is InChI=1S/C18H12F2N3O/c1-10-12-4-5-21-16(12)9-15(20)17(10)24-11-2-3-14(19)13(8-11)18-22-6-7-23-18/h2-6,8-9,21H,1H3,(H,22,23). The molecule has 6 heteroatoms. The second kappa shape index (κ2) is 5.49. The summed E-state index contributed by atoms with van der Waals surface area (Å²) in [5, 5.41) is 0.870. The summed E-state index contributed by atoms with van der Waals surface area (Å²) in [6.45, 7) is 1.78. The van der Waals surface area contributed by atoms with Gasteiger partial charge in [0, 0.05) is 28.7 Å². The molecule has 2 N–H and O–H groups in total. The van der Waals surface area contributed by atoms with Gasteiger partial charge in [0.2, 0.25) is 0 Å². The highest BCUT2D eigenvalue weighted by Gasteiger charge is 2.15. The molecule has 119 valence electrons. The maximum absolute atomic E-state index is 14.4. The molecule has 0 saturated carbocycles. The predicted octanol–water partition coefficient (Wildman–Crippen LogP) is 4.74. The average molecular weight is 324 g/mol. The quantitative estimate of drug-likeness (QED) is 0.572. The Morgan fingerprint density at radius 2 is 2.00 bits per heavy atom. The van der Waals surface area contributed by atoms with Crippen LogP contribution in [0.3, 0.4) is 0 Å². The maximum atomic E-state index is 14.4. The van der Waals surface area contributed by atoms with E-state index in [1.807, 2.05) is 6.07 Å². The fourth-order valence-electron chi connectivity index (χ4n) is 2.68. The molecule has 0 aliphatic heterocycles. The summed E-state index contributed by atoms with van der Waals surface area (Å²) in [6.07, 6.45) is 5.80. The van der Waals surface area contributed by atoms with Crippen molar-refractivity contribution >= 4 is 10.9 Å². The van der Waals surface area contributed by atoms with Gasteiger partial charge in [-0.15, -0.1) is 0 Å². The highest BCUT2D eigenvalue weighted by molar-refractivity contribution is 5.85. The topological polar surface area (TPSA) is 53.7 Å². The van der Waals surface area contributed by atoms with Gasteiger partial charge in [0.15, 0.2) is 11.6 Å². The van der Waals surface area contributed by atoms with E-state index in [1.165, 1.54) is 30.5 Å². The lowest BCUT2D eigenvalue weighted by Crippen LogP contribution is -1.94. The molecule has 0 spiro atoms. The first-order valence-electron chi connectivity index (χ1n) is 7.28. The molecular formula is C18H12F2N3O. The molecule has 4 rings (SSSR count). The van der Waals surface area contributed by atoms with Gasteiger partial charge in [-0.05, 0) is 31.2 Å². The molecule has 0 bridgehead atoms. The minimum atomic E-state index is -0.486. The van der Waals surface area contributed by atoms with Crippen molar-refractivity contribution in [1.82, 2.24) is 15.0 Å². The van der Waals surface area contributed by atoms with Crippen LogP contribution in [0.2, 0.25) is 0 Å². The Morgan fingerprint density at radius 1 is 1.12 bits per heavy atom. The highest BCUT2D eigenvalue weighted by Crippen LogP contribution is 2.35. The molecule has 24 heavy (non-hydrogen) atoms. The fraction of sp³-hybridized carbons (Fsp3) is 0.0556. The van der Waals surface area contributed by atoms with Gasteiger partial charge in [-0.25, -0.2) is 13.8 Å². The van der Waals surface area contributed by atoms with Crippen molar-refractivity contribution in [2.75, 3.05) is 0 Å². The molecule has 0 aliphatic rings. The summed E-state index contributed by atoms with van der Waals surface area (Å²) in [7, 11) is 0. The van der Waals surface area contributed by atoms with Crippen LogP contribution in [0.25, 0.3) is 22.3 Å². The van der Waals surface area contributed by atoms with Crippen molar-refractivity contribution in [2.45, 2.75) is 6.92 Å². The van der Waals surface area contributed by atoms with Crippen molar-refractivity contribution in [1.29, 1.82) is 0 Å². The van der Waals surface area contributed by atoms with Crippen molar-refractivity contribution in [2.24, 2.45) is 0 Å². The first kappa shape index (κ1) is 14.4. The summed E-state index contributed by atoms with van der Waals surface area (Å²) in [6, 6.07) is 7.42. The second-order valence-electron chi connectivity index (χ2n) is 5.37. The number of hydrogen-bond donors (Lipinski definition) is 2. The van der Waals surface area contributed by atoms with Crippen LogP contribution in [0, 0.1) is 24.8 Å². The summed E-state index contributed by atoms with van der Waals surface area (Å²) in [4.78, 5) is 9.67. The van der Waals surface area contributed by atoms with Crippen molar-refractivity contribution in [3.63, 3.8) is 0 Å². The van der Waals surface area contributed by atoms with E-state index in [0.29, 0.717) is 22.7 Å². The van der Waals surface area contributed by atoms with Crippen LogP contribution < -0.4 is 4.74 Å². The lowest BCUT2D eigenvalue weighted by molar-refractivity contribution is 0.439. The molecule has 0 atom stereocenters. The molecule has 0 fully saturated rings. The van der Waals surface area contributed by atoms with Crippen LogP contribution in [0.4, 0.5) is 8.78 Å². The van der Waals surface area contributed by atoms with E-state index < -0.39 is 11.6 Å². The Bertz CT molecular complexity index is 1020. The van der Waals surface area contributed by atoms with Crippen LogP contribution >= 0.6 is 0 Å². The van der Waals surface area contributed by atoms with Gasteiger partial charge in [0.1, 0.15) is 17.4 Å². The van der Waals surface area contributed by atoms with Crippen molar-refractivity contribution < 1.29 is 13.5 Å². The third-order valence-electron chi connectivity index (χ3n) is 3.87. The number of imidazole rings is 1. The number of aromatic nitrogens is 3. The van der Waals surface area contributed by atoms with Crippen LogP contribution in [0.5, 0.6) is 11.5 Å². The minimum Gasteiger partial charge on any atom is -0.454 e. The van der Waals surface area contributed by atoms with Gasteiger partial charge in [0.05, 0.1) is 18.0 Å². The molecule has 0 aliphatic carbocycles. The SMILES string of the molecule is Cc1c(Oc2ccc(F)c(-c3nc[c][nH]3)c2)c(F)cc2[nH]ccc12. The molecule has 4 aromatic rings. The van der Waals surface area contributed by atoms with Gasteiger partial charge >= 0.3 is 0 Å². The first-order chi connectivity index (χ1) is 11.6. The number of rotatable bonds is 3. The van der Waals surface area contributed by atoms with E-state index in [1.54, 1.807) is 13.1 Å². The lowest BCUT2D eigenvalue weighted by atomic mass is 10.1. The van der Waals surface area contributed by atoms with Gasteiger partial charge in [-0.1, -0.05) is 0 Å². The van der Waals surface area contributed by atoms with Gasteiger partial charge in [0.25, 0.3) is 0 Å². The molecule has 0 unspecified atom stereocenters.